The number of piperazine rings is 1. The minimum absolute atomic E-state index is 0.00348. The van der Waals surface area contributed by atoms with E-state index in [1.54, 1.807) is 0 Å². The fourth-order valence-corrected chi connectivity index (χ4v) is 9.78. The van der Waals surface area contributed by atoms with Gasteiger partial charge in [0.05, 0.1) is 29.9 Å². The van der Waals surface area contributed by atoms with E-state index in [1.165, 1.54) is 38.5 Å². The number of carbonyl (C=O) groups excluding carboxylic acids is 2. The Morgan fingerprint density at radius 2 is 1.63 bits per heavy atom. The number of fused-ring (bicyclic) bond motifs is 3. The van der Waals surface area contributed by atoms with Crippen molar-refractivity contribution in [2.45, 2.75) is 101 Å². The van der Waals surface area contributed by atoms with E-state index < -0.39 is 0 Å². The number of likely N-dealkylation sites (tertiary alicyclic amines) is 1. The molecule has 43 heavy (non-hydrogen) atoms. The zero-order valence-corrected chi connectivity index (χ0v) is 26.6. The molecule has 7 aliphatic rings. The second-order valence-corrected chi connectivity index (χ2v) is 14.9. The van der Waals surface area contributed by atoms with Crippen LogP contribution < -0.4 is 10.6 Å². The topological polar surface area (TPSA) is 80.4 Å². The lowest BCUT2D eigenvalue weighted by Crippen LogP contribution is -2.71. The van der Waals surface area contributed by atoms with Gasteiger partial charge in [-0.2, -0.15) is 0 Å². The van der Waals surface area contributed by atoms with Crippen LogP contribution in [0.5, 0.6) is 0 Å². The molecule has 0 radical (unpaired) electrons. The Morgan fingerprint density at radius 3 is 2.42 bits per heavy atom. The Kier molecular flexibility index (Phi) is 9.43. The molecule has 3 saturated heterocycles. The number of ether oxygens (including phenoxy) is 1. The molecule has 9 heteroatoms. The maximum absolute atomic E-state index is 14.0. The van der Waals surface area contributed by atoms with E-state index in [9.17, 15) is 9.59 Å². The van der Waals surface area contributed by atoms with Crippen LogP contribution in [0.4, 0.5) is 0 Å². The van der Waals surface area contributed by atoms with Crippen LogP contribution in [0.25, 0.3) is 0 Å². The summed E-state index contributed by atoms with van der Waals surface area (Å²) >= 11 is 0. The molecule has 8 atom stereocenters. The maximum Gasteiger partial charge on any atom is 0.256 e. The van der Waals surface area contributed by atoms with E-state index in [0.29, 0.717) is 12.1 Å². The Hall–Kier alpha value is -1.52. The minimum Gasteiger partial charge on any atom is -0.369 e. The van der Waals surface area contributed by atoms with Gasteiger partial charge in [0, 0.05) is 57.4 Å². The van der Waals surface area contributed by atoms with Gasteiger partial charge in [0.1, 0.15) is 0 Å². The number of nitrogens with zero attached hydrogens (tertiary/aromatic N) is 4. The fourth-order valence-electron chi connectivity index (χ4n) is 9.78. The van der Waals surface area contributed by atoms with Crippen molar-refractivity contribution in [3.63, 3.8) is 0 Å². The molecule has 0 aromatic carbocycles. The van der Waals surface area contributed by atoms with E-state index in [2.05, 4.69) is 37.3 Å². The van der Waals surface area contributed by atoms with Gasteiger partial charge < -0.3 is 35.0 Å². The molecular weight excluding hydrogens is 540 g/mol. The average molecular weight is 597 g/mol. The maximum atomic E-state index is 14.0. The molecule has 4 aliphatic heterocycles. The van der Waals surface area contributed by atoms with E-state index in [0.717, 1.165) is 103 Å². The van der Waals surface area contributed by atoms with Gasteiger partial charge in [0.25, 0.3) is 5.91 Å². The lowest BCUT2D eigenvalue weighted by Gasteiger charge is -2.60. The zero-order valence-electron chi connectivity index (χ0n) is 26.6. The zero-order chi connectivity index (χ0) is 29.3. The molecule has 240 valence electrons. The molecular formula is C34H56N6O3. The van der Waals surface area contributed by atoms with Crippen LogP contribution in [0.3, 0.4) is 0 Å². The number of hydrogen-bond donors (Lipinski definition) is 2. The van der Waals surface area contributed by atoms with Crippen LogP contribution in [0.15, 0.2) is 11.8 Å². The molecule has 2 N–H and O–H groups in total. The number of hydrogen-bond acceptors (Lipinski definition) is 8. The molecule has 4 heterocycles. The number of nitrogens with one attached hydrogen (secondary N) is 2. The van der Waals surface area contributed by atoms with Crippen molar-refractivity contribution < 1.29 is 14.3 Å². The Labute approximate surface area is 259 Å². The smallest absolute Gasteiger partial charge is 0.256 e. The third-order valence-electron chi connectivity index (χ3n) is 12.3. The van der Waals surface area contributed by atoms with Crippen LogP contribution in [0.2, 0.25) is 0 Å². The number of morpholine rings is 1. The summed E-state index contributed by atoms with van der Waals surface area (Å²) in [6.45, 7) is 10.5. The lowest BCUT2D eigenvalue weighted by atomic mass is 9.65. The number of ketones is 1. The van der Waals surface area contributed by atoms with Crippen molar-refractivity contribution in [1.82, 2.24) is 30.2 Å². The molecule has 7 rings (SSSR count). The molecule has 6 fully saturated rings. The summed E-state index contributed by atoms with van der Waals surface area (Å²) in [5.41, 5.74) is 0.395. The third kappa shape index (κ3) is 6.44. The van der Waals surface area contributed by atoms with Gasteiger partial charge in [0.2, 0.25) is 0 Å². The van der Waals surface area contributed by atoms with Crippen molar-refractivity contribution in [2.24, 2.45) is 17.8 Å². The average Bonchev–Trinajstić information content (AvgIpc) is 3.54. The normalized spacial score (nSPS) is 38.7. The number of amides is 1. The molecule has 0 aromatic rings. The van der Waals surface area contributed by atoms with Crippen molar-refractivity contribution >= 4 is 11.7 Å². The van der Waals surface area contributed by atoms with Gasteiger partial charge >= 0.3 is 0 Å². The number of carbonyl (C=O) groups is 2. The first-order chi connectivity index (χ1) is 21.0. The van der Waals surface area contributed by atoms with Gasteiger partial charge in [-0.1, -0.05) is 25.7 Å². The predicted octanol–water partition coefficient (Wildman–Crippen LogP) is 2.08. The first kappa shape index (κ1) is 30.2. The van der Waals surface area contributed by atoms with Crippen LogP contribution in [0, 0.1) is 17.8 Å². The van der Waals surface area contributed by atoms with Crippen LogP contribution >= 0.6 is 0 Å². The summed E-state index contributed by atoms with van der Waals surface area (Å²) in [6, 6.07) is 0.580. The summed E-state index contributed by atoms with van der Waals surface area (Å²) in [5, 5.41) is 7.03. The summed E-state index contributed by atoms with van der Waals surface area (Å²) in [4.78, 5) is 37.4. The van der Waals surface area contributed by atoms with Gasteiger partial charge in [-0.3, -0.25) is 9.59 Å². The monoisotopic (exact) mass is 596 g/mol. The summed E-state index contributed by atoms with van der Waals surface area (Å²) in [6.07, 6.45) is 15.2. The quantitative estimate of drug-likeness (QED) is 0.310. The molecule has 0 bridgehead atoms. The molecule has 1 amide bonds. The third-order valence-corrected chi connectivity index (χ3v) is 12.3. The van der Waals surface area contributed by atoms with Crippen molar-refractivity contribution in [1.29, 1.82) is 0 Å². The molecule has 3 saturated carbocycles. The Balaban J connectivity index is 1.05. The highest BCUT2D eigenvalue weighted by atomic mass is 16.5. The second-order valence-electron chi connectivity index (χ2n) is 14.9. The first-order valence-electron chi connectivity index (χ1n) is 17.9. The standard InChI is InChI=1S/C34H56N6O3/c1-37-17-19-39(20-18-37)15-6-11-35-28-10-9-26-31-33(28)43-30-22-25-8-3-2-7-24(25)21-29(30)40(31)23-27(32(26)41)34(42)36-12-16-38-13-4-5-14-38/h23-26,28-31,33,35H,2-22H2,1H3,(H,36,42). The number of Topliss-reactive ketones (excluding diaryl/α,β-unsaturated/α-hetero) is 1. The number of rotatable bonds is 9. The van der Waals surface area contributed by atoms with E-state index in [-0.39, 0.29) is 47.9 Å². The van der Waals surface area contributed by atoms with Gasteiger partial charge in [0.15, 0.2) is 5.78 Å². The molecule has 0 spiro atoms. The molecule has 0 aromatic heterocycles. The van der Waals surface area contributed by atoms with Crippen molar-refractivity contribution in [3.05, 3.63) is 11.8 Å². The van der Waals surface area contributed by atoms with E-state index >= 15 is 0 Å². The summed E-state index contributed by atoms with van der Waals surface area (Å²) < 4.78 is 7.11. The van der Waals surface area contributed by atoms with Gasteiger partial charge in [-0.25, -0.2) is 0 Å². The summed E-state index contributed by atoms with van der Waals surface area (Å²) in [5.74, 6) is 1.25. The van der Waals surface area contributed by atoms with Crippen LogP contribution in [-0.4, -0.2) is 134 Å². The lowest BCUT2D eigenvalue weighted by molar-refractivity contribution is -0.200. The predicted molar refractivity (Wildman–Crippen MR) is 168 cm³/mol. The van der Waals surface area contributed by atoms with Crippen LogP contribution in [0.1, 0.15) is 70.6 Å². The van der Waals surface area contributed by atoms with Gasteiger partial charge in [-0.05, 0) is 90.0 Å². The SMILES string of the molecule is CN1CCN(CCCNC2CCC3C(=O)C(C(=O)NCCN4CCCC4)=CN4C5CC6CCCCC6CC5OC2C34)CC1. The van der Waals surface area contributed by atoms with Crippen molar-refractivity contribution in [3.8, 4) is 0 Å². The van der Waals surface area contributed by atoms with E-state index in [4.69, 9.17) is 4.74 Å². The van der Waals surface area contributed by atoms with Crippen molar-refractivity contribution in [2.75, 3.05) is 72.5 Å². The molecule has 8 unspecified atom stereocenters. The number of likely N-dealkylation sites (N-methyl/N-ethyl adjacent to an activating group) is 1. The first-order valence-corrected chi connectivity index (χ1v) is 17.9. The highest BCUT2D eigenvalue weighted by Gasteiger charge is 2.57. The molecule has 9 nitrogen and oxygen atoms in total. The molecule has 3 aliphatic carbocycles. The highest BCUT2D eigenvalue weighted by Crippen LogP contribution is 2.49. The Morgan fingerprint density at radius 1 is 0.884 bits per heavy atom. The Bertz CT molecular complexity index is 1020. The largest absolute Gasteiger partial charge is 0.369 e. The van der Waals surface area contributed by atoms with E-state index in [1.807, 2.05) is 6.20 Å². The van der Waals surface area contributed by atoms with Gasteiger partial charge in [-0.15, -0.1) is 0 Å². The van der Waals surface area contributed by atoms with Crippen LogP contribution in [-0.2, 0) is 14.3 Å². The highest BCUT2D eigenvalue weighted by molar-refractivity contribution is 6.20. The fraction of sp³-hybridized carbons (Fsp3) is 0.882. The summed E-state index contributed by atoms with van der Waals surface area (Å²) in [7, 11) is 2.21. The minimum atomic E-state index is -0.169. The second kappa shape index (κ2) is 13.5.